The fourth-order valence-electron chi connectivity index (χ4n) is 2.45. The van der Waals surface area contributed by atoms with Gasteiger partial charge in [0.2, 0.25) is 0 Å². The van der Waals surface area contributed by atoms with Crippen LogP contribution < -0.4 is 0 Å². The van der Waals surface area contributed by atoms with Crippen LogP contribution in [0.2, 0.25) is 0 Å². The van der Waals surface area contributed by atoms with Gasteiger partial charge < -0.3 is 9.67 Å². The van der Waals surface area contributed by atoms with Crippen LogP contribution in [0.4, 0.5) is 0 Å². The van der Waals surface area contributed by atoms with E-state index in [9.17, 15) is 10.4 Å². The van der Waals surface area contributed by atoms with Gasteiger partial charge in [0.15, 0.2) is 10.2 Å². The van der Waals surface area contributed by atoms with Crippen molar-refractivity contribution < 1.29 is 5.11 Å². The van der Waals surface area contributed by atoms with E-state index in [1.165, 1.54) is 23.1 Å². The summed E-state index contributed by atoms with van der Waals surface area (Å²) in [5.74, 6) is 1.63. The zero-order valence-electron chi connectivity index (χ0n) is 12.7. The maximum atomic E-state index is 10.3. The highest BCUT2D eigenvalue weighted by Gasteiger charge is 2.20. The Morgan fingerprint density at radius 2 is 2.17 bits per heavy atom. The van der Waals surface area contributed by atoms with Gasteiger partial charge in [-0.25, -0.2) is 0 Å². The van der Waals surface area contributed by atoms with Gasteiger partial charge in [-0.05, 0) is 19.8 Å². The number of allylic oxidation sites excluding steroid dienone is 1. The lowest BCUT2D eigenvalue weighted by Crippen LogP contribution is -2.07. The third-order valence-electron chi connectivity index (χ3n) is 3.57. The van der Waals surface area contributed by atoms with Gasteiger partial charge in [-0.15, -0.1) is 20.4 Å². The minimum Gasteiger partial charge on any atom is -0.510 e. The Bertz CT molecular complexity index is 773. The van der Waals surface area contributed by atoms with E-state index in [-0.39, 0.29) is 17.1 Å². The van der Waals surface area contributed by atoms with Gasteiger partial charge >= 0.3 is 0 Å². The molecule has 2 aromatic heterocycles. The van der Waals surface area contributed by atoms with Crippen molar-refractivity contribution in [2.45, 2.75) is 43.5 Å². The summed E-state index contributed by atoms with van der Waals surface area (Å²) in [6, 6.07) is 2.08. The van der Waals surface area contributed by atoms with E-state index in [1.807, 2.05) is 11.5 Å². The molecule has 120 valence electrons. The van der Waals surface area contributed by atoms with Crippen molar-refractivity contribution in [1.82, 2.24) is 25.0 Å². The van der Waals surface area contributed by atoms with E-state index >= 15 is 0 Å². The Kier molecular flexibility index (Phi) is 4.93. The van der Waals surface area contributed by atoms with Crippen LogP contribution in [0, 0.1) is 18.3 Å². The molecule has 1 aliphatic rings. The van der Waals surface area contributed by atoms with Gasteiger partial charge in [0.05, 0.1) is 5.75 Å². The second kappa shape index (κ2) is 7.10. The second-order valence-corrected chi connectivity index (χ2v) is 7.62. The highest BCUT2D eigenvalue weighted by atomic mass is 32.2. The van der Waals surface area contributed by atoms with Crippen LogP contribution in [0.15, 0.2) is 10.1 Å². The van der Waals surface area contributed by atoms with Crippen molar-refractivity contribution in [3.8, 4) is 6.07 Å². The van der Waals surface area contributed by atoms with E-state index in [0.717, 1.165) is 47.4 Å². The molecular formula is C14H16N6OS2. The summed E-state index contributed by atoms with van der Waals surface area (Å²) in [7, 11) is 0. The number of rotatable bonds is 4. The quantitative estimate of drug-likeness (QED) is 0.515. The molecule has 0 aromatic carbocycles. The van der Waals surface area contributed by atoms with E-state index in [0.29, 0.717) is 5.82 Å². The molecule has 23 heavy (non-hydrogen) atoms. The zero-order chi connectivity index (χ0) is 16.2. The van der Waals surface area contributed by atoms with Crippen molar-refractivity contribution in [2.24, 2.45) is 0 Å². The molecule has 9 heteroatoms. The number of thioether (sulfide) groups is 1. The Balaban J connectivity index is 1.83. The number of aliphatic hydroxyl groups excluding tert-OH is 1. The number of aromatic nitrogens is 5. The predicted octanol–water partition coefficient (Wildman–Crippen LogP) is 2.75. The average molecular weight is 348 g/mol. The molecule has 7 nitrogen and oxygen atoms in total. The highest BCUT2D eigenvalue weighted by molar-refractivity contribution is 8.01. The summed E-state index contributed by atoms with van der Waals surface area (Å²) >= 11 is 2.82. The molecule has 0 saturated carbocycles. The molecule has 0 atom stereocenters. The van der Waals surface area contributed by atoms with Crippen LogP contribution in [-0.2, 0) is 13.0 Å². The summed E-state index contributed by atoms with van der Waals surface area (Å²) in [6.45, 7) is 2.67. The number of hydrogen-bond donors (Lipinski definition) is 1. The Morgan fingerprint density at radius 1 is 1.30 bits per heavy atom. The monoisotopic (exact) mass is 348 g/mol. The van der Waals surface area contributed by atoms with E-state index in [4.69, 9.17) is 0 Å². The van der Waals surface area contributed by atoms with Crippen LogP contribution >= 0.6 is 23.1 Å². The van der Waals surface area contributed by atoms with Crippen LogP contribution in [0.5, 0.6) is 0 Å². The third-order valence-corrected chi connectivity index (χ3v) is 5.56. The third kappa shape index (κ3) is 3.54. The van der Waals surface area contributed by atoms with E-state index in [1.54, 1.807) is 0 Å². The Morgan fingerprint density at radius 3 is 2.91 bits per heavy atom. The molecule has 0 bridgehead atoms. The molecule has 0 amide bonds. The summed E-state index contributed by atoms with van der Waals surface area (Å²) in [6.07, 6.45) is 4.14. The van der Waals surface area contributed by atoms with Crippen LogP contribution in [-0.4, -0.2) is 35.8 Å². The number of aliphatic hydroxyl groups is 1. The number of fused-ring (bicyclic) bond motifs is 1. The minimum absolute atomic E-state index is 0.00444. The first-order valence-electron chi connectivity index (χ1n) is 7.36. The normalized spacial score (nSPS) is 15.5. The maximum Gasteiger partial charge on any atom is 0.178 e. The Hall–Kier alpha value is -1.92. The highest BCUT2D eigenvalue weighted by Crippen LogP contribution is 2.27. The lowest BCUT2D eigenvalue weighted by molar-refractivity contribution is 0.420. The molecule has 0 unspecified atom stereocenters. The second-order valence-electron chi connectivity index (χ2n) is 5.21. The molecule has 0 radical (unpaired) electrons. The standard InChI is InChI=1S/C14H16N6OS2/c1-9-16-19-14(23-9)22-8-11(21)10(7-15)13-18-17-12-5-3-2-4-6-20(12)13/h21H,2-6,8H2,1H3/b11-10-. The number of nitriles is 1. The maximum absolute atomic E-state index is 10.3. The number of aryl methyl sites for hydroxylation is 2. The van der Waals surface area contributed by atoms with Crippen molar-refractivity contribution >= 4 is 28.7 Å². The molecule has 0 aliphatic carbocycles. The lowest BCUT2D eigenvalue weighted by atomic mass is 10.2. The molecule has 3 rings (SSSR count). The van der Waals surface area contributed by atoms with Crippen LogP contribution in [0.25, 0.3) is 5.57 Å². The van der Waals surface area contributed by atoms with Gasteiger partial charge in [-0.3, -0.25) is 0 Å². The summed E-state index contributed by atoms with van der Waals surface area (Å²) in [4.78, 5) is 0. The molecule has 0 spiro atoms. The molecular weight excluding hydrogens is 332 g/mol. The minimum atomic E-state index is 0.00444. The van der Waals surface area contributed by atoms with Crippen molar-refractivity contribution in [2.75, 3.05) is 5.75 Å². The molecule has 1 N–H and O–H groups in total. The molecule has 0 fully saturated rings. The van der Waals surface area contributed by atoms with Gasteiger partial charge in [0.1, 0.15) is 28.2 Å². The SMILES string of the molecule is Cc1nnc(SC/C(O)=C(\C#N)c2nnc3n2CCCCC3)s1. The Labute approximate surface area is 142 Å². The first kappa shape index (κ1) is 16.0. The predicted molar refractivity (Wildman–Crippen MR) is 88.1 cm³/mol. The zero-order valence-corrected chi connectivity index (χ0v) is 14.3. The van der Waals surface area contributed by atoms with Crippen molar-refractivity contribution in [3.05, 3.63) is 22.4 Å². The van der Waals surface area contributed by atoms with E-state index in [2.05, 4.69) is 26.5 Å². The largest absolute Gasteiger partial charge is 0.510 e. The van der Waals surface area contributed by atoms with Gasteiger partial charge in [-0.1, -0.05) is 29.5 Å². The lowest BCUT2D eigenvalue weighted by Gasteiger charge is -2.07. The average Bonchev–Trinajstić information content (AvgIpc) is 3.06. The van der Waals surface area contributed by atoms with Crippen molar-refractivity contribution in [1.29, 1.82) is 5.26 Å². The molecule has 2 aromatic rings. The van der Waals surface area contributed by atoms with Crippen LogP contribution in [0.1, 0.15) is 35.9 Å². The fourth-order valence-corrected chi connectivity index (χ4v) is 4.15. The summed E-state index contributed by atoms with van der Waals surface area (Å²) in [5.41, 5.74) is 0.194. The molecule has 3 heterocycles. The topological polar surface area (TPSA) is 101 Å². The van der Waals surface area contributed by atoms with Gasteiger partial charge in [0, 0.05) is 13.0 Å². The van der Waals surface area contributed by atoms with Crippen LogP contribution in [0.3, 0.4) is 0 Å². The fraction of sp³-hybridized carbons (Fsp3) is 0.500. The molecule has 0 saturated heterocycles. The first-order chi connectivity index (χ1) is 11.2. The van der Waals surface area contributed by atoms with E-state index < -0.39 is 0 Å². The van der Waals surface area contributed by atoms with Crippen molar-refractivity contribution in [3.63, 3.8) is 0 Å². The number of nitrogens with zero attached hydrogens (tertiary/aromatic N) is 6. The van der Waals surface area contributed by atoms with Gasteiger partial charge in [-0.2, -0.15) is 5.26 Å². The summed E-state index contributed by atoms with van der Waals surface area (Å²) < 4.78 is 2.73. The first-order valence-corrected chi connectivity index (χ1v) is 9.17. The molecule has 1 aliphatic heterocycles. The summed E-state index contributed by atoms with van der Waals surface area (Å²) in [5, 5.41) is 36.9. The number of hydrogen-bond acceptors (Lipinski definition) is 8. The van der Waals surface area contributed by atoms with Gasteiger partial charge in [0.25, 0.3) is 0 Å². The smallest absolute Gasteiger partial charge is 0.178 e.